The van der Waals surface area contributed by atoms with Crippen molar-refractivity contribution in [2.75, 3.05) is 0 Å². The molecule has 0 aliphatic carbocycles. The number of rotatable bonds is 3. The first-order valence-corrected chi connectivity index (χ1v) is 8.48. The monoisotopic (exact) mass is 392 g/mol. The van der Waals surface area contributed by atoms with Crippen molar-refractivity contribution in [2.45, 2.75) is 20.8 Å². The van der Waals surface area contributed by atoms with Crippen LogP contribution in [0.2, 0.25) is 0 Å². The lowest BCUT2D eigenvalue weighted by atomic mass is 9.36. The molecule has 0 saturated heterocycles. The van der Waals surface area contributed by atoms with Gasteiger partial charge in [0.25, 0.3) is 6.71 Å². The fourth-order valence-corrected chi connectivity index (χ4v) is 3.24. The van der Waals surface area contributed by atoms with Crippen molar-refractivity contribution in [3.05, 3.63) is 88.0 Å². The van der Waals surface area contributed by atoms with Gasteiger partial charge in [-0.25, -0.2) is 26.3 Å². The second kappa shape index (κ2) is 7.38. The Hall–Kier alpha value is -2.70. The van der Waals surface area contributed by atoms with E-state index in [0.717, 1.165) is 18.2 Å². The quantitative estimate of drug-likeness (QED) is 0.468. The van der Waals surface area contributed by atoms with Gasteiger partial charge in [0.05, 0.1) is 0 Å². The van der Waals surface area contributed by atoms with Crippen molar-refractivity contribution in [1.82, 2.24) is 0 Å². The molecular weight excluding hydrogens is 377 g/mol. The lowest BCUT2D eigenvalue weighted by Crippen LogP contribution is -2.58. The Balaban J connectivity index is 2.46. The highest BCUT2D eigenvalue weighted by atomic mass is 19.2. The van der Waals surface area contributed by atoms with Crippen molar-refractivity contribution in [1.29, 1.82) is 0 Å². The molecule has 0 saturated carbocycles. The summed E-state index contributed by atoms with van der Waals surface area (Å²) in [5.74, 6) is -6.31. The normalized spacial score (nSPS) is 11.0. The molecule has 0 spiro atoms. The maximum absolute atomic E-state index is 14.9. The second-order valence-electron chi connectivity index (χ2n) is 6.74. The summed E-state index contributed by atoms with van der Waals surface area (Å²) in [6.07, 6.45) is 0. The zero-order chi connectivity index (χ0) is 20.7. The number of aryl methyl sites for hydroxylation is 3. The molecule has 0 fully saturated rings. The van der Waals surface area contributed by atoms with E-state index in [4.69, 9.17) is 0 Å². The van der Waals surface area contributed by atoms with Crippen LogP contribution in [0.3, 0.4) is 0 Å². The van der Waals surface area contributed by atoms with Crippen LogP contribution >= 0.6 is 0 Å². The summed E-state index contributed by atoms with van der Waals surface area (Å²) in [5.41, 5.74) is -1.81. The summed E-state index contributed by atoms with van der Waals surface area (Å²) < 4.78 is 87.4. The molecular formula is C21H15BF6. The molecule has 144 valence electrons. The first-order valence-electron chi connectivity index (χ1n) is 8.48. The van der Waals surface area contributed by atoms with Crippen LogP contribution in [0.4, 0.5) is 26.3 Å². The summed E-state index contributed by atoms with van der Waals surface area (Å²) in [6, 6.07) is 5.77. The van der Waals surface area contributed by atoms with Gasteiger partial charge in [-0.05, 0) is 55.1 Å². The molecule has 3 aromatic carbocycles. The average Bonchev–Trinajstić information content (AvgIpc) is 2.64. The van der Waals surface area contributed by atoms with Crippen LogP contribution in [-0.4, -0.2) is 6.71 Å². The summed E-state index contributed by atoms with van der Waals surface area (Å²) in [4.78, 5) is 0. The summed E-state index contributed by atoms with van der Waals surface area (Å²) in [5, 5.41) is 0. The maximum Gasteiger partial charge on any atom is 0.260 e. The third-order valence-corrected chi connectivity index (χ3v) is 4.81. The molecule has 0 aliphatic heterocycles. The van der Waals surface area contributed by atoms with Gasteiger partial charge in [0.1, 0.15) is 34.9 Å². The van der Waals surface area contributed by atoms with Gasteiger partial charge in [-0.3, -0.25) is 0 Å². The molecule has 28 heavy (non-hydrogen) atoms. The minimum absolute atomic E-state index is 0.0223. The molecule has 0 unspecified atom stereocenters. The third-order valence-electron chi connectivity index (χ3n) is 4.81. The molecule has 7 heteroatoms. The maximum atomic E-state index is 14.9. The van der Waals surface area contributed by atoms with Gasteiger partial charge in [0.15, 0.2) is 0 Å². The Morgan fingerprint density at radius 2 is 1.00 bits per heavy atom. The molecule has 0 aliphatic rings. The van der Waals surface area contributed by atoms with E-state index in [1.54, 1.807) is 0 Å². The summed E-state index contributed by atoms with van der Waals surface area (Å²) in [6.45, 7) is 2.25. The minimum atomic E-state index is -1.78. The fourth-order valence-electron chi connectivity index (χ4n) is 3.24. The molecule has 0 atom stereocenters. The highest BCUT2D eigenvalue weighted by Crippen LogP contribution is 2.15. The van der Waals surface area contributed by atoms with Crippen molar-refractivity contribution >= 4 is 23.1 Å². The highest BCUT2D eigenvalue weighted by molar-refractivity contribution is 6.95. The molecule has 3 rings (SSSR count). The predicted molar refractivity (Wildman–Crippen MR) is 97.9 cm³/mol. The molecule has 0 amide bonds. The van der Waals surface area contributed by atoms with E-state index in [1.165, 1.54) is 32.9 Å². The van der Waals surface area contributed by atoms with E-state index >= 15 is 0 Å². The van der Waals surface area contributed by atoms with Crippen LogP contribution < -0.4 is 16.4 Å². The summed E-state index contributed by atoms with van der Waals surface area (Å²) >= 11 is 0. The third kappa shape index (κ3) is 3.30. The van der Waals surface area contributed by atoms with Crippen molar-refractivity contribution in [3.8, 4) is 0 Å². The predicted octanol–water partition coefficient (Wildman–Crippen LogP) is 3.96. The van der Waals surface area contributed by atoms with Crippen LogP contribution in [0.1, 0.15) is 16.7 Å². The van der Waals surface area contributed by atoms with E-state index in [-0.39, 0.29) is 16.7 Å². The number of hydrogen-bond acceptors (Lipinski definition) is 0. The Labute approximate surface area is 158 Å². The van der Waals surface area contributed by atoms with E-state index in [1.807, 2.05) is 0 Å². The lowest BCUT2D eigenvalue weighted by molar-refractivity contribution is 0.580. The van der Waals surface area contributed by atoms with Crippen LogP contribution in [-0.2, 0) is 0 Å². The number of hydrogen-bond donors (Lipinski definition) is 0. The standard InChI is InChI=1S/C21H15BF6/c1-10-4-6-14(23)18(20(10)27)22(13-8-12(3)16(25)9-17(13)26)19-15(24)7-5-11(2)21(19)28/h4-9H,1-3H3. The lowest BCUT2D eigenvalue weighted by Gasteiger charge is -2.21. The van der Waals surface area contributed by atoms with Gasteiger partial charge in [0.2, 0.25) is 0 Å². The van der Waals surface area contributed by atoms with Gasteiger partial charge >= 0.3 is 0 Å². The first-order chi connectivity index (χ1) is 13.1. The number of halogens is 6. The Morgan fingerprint density at radius 1 is 0.536 bits per heavy atom. The molecule has 3 aromatic rings. The topological polar surface area (TPSA) is 0 Å². The highest BCUT2D eigenvalue weighted by Gasteiger charge is 2.36. The van der Waals surface area contributed by atoms with Crippen LogP contribution in [0.15, 0.2) is 36.4 Å². The smallest absolute Gasteiger partial charge is 0.207 e. The van der Waals surface area contributed by atoms with Crippen molar-refractivity contribution in [3.63, 3.8) is 0 Å². The largest absolute Gasteiger partial charge is 0.260 e. The molecule has 0 heterocycles. The van der Waals surface area contributed by atoms with Gasteiger partial charge in [-0.2, -0.15) is 0 Å². The minimum Gasteiger partial charge on any atom is -0.207 e. The van der Waals surface area contributed by atoms with E-state index in [0.29, 0.717) is 6.07 Å². The average molecular weight is 392 g/mol. The first kappa shape index (κ1) is 20.0. The van der Waals surface area contributed by atoms with Crippen molar-refractivity contribution in [2.24, 2.45) is 0 Å². The molecule has 0 bridgehead atoms. The van der Waals surface area contributed by atoms with Gasteiger partial charge < -0.3 is 0 Å². The van der Waals surface area contributed by atoms with E-state index in [2.05, 4.69) is 0 Å². The van der Waals surface area contributed by atoms with Crippen molar-refractivity contribution < 1.29 is 26.3 Å². The van der Waals surface area contributed by atoms with Crippen LogP contribution in [0.5, 0.6) is 0 Å². The van der Waals surface area contributed by atoms with Gasteiger partial charge in [0, 0.05) is 17.0 Å². The Morgan fingerprint density at radius 3 is 1.46 bits per heavy atom. The second-order valence-corrected chi connectivity index (χ2v) is 6.74. The Kier molecular flexibility index (Phi) is 5.28. The SMILES string of the molecule is Cc1cc(B(c2c(F)ccc(C)c2F)c2c(F)ccc(C)c2F)c(F)cc1F. The molecule has 0 N–H and O–H groups in total. The van der Waals surface area contributed by atoms with Gasteiger partial charge in [-0.1, -0.05) is 18.2 Å². The zero-order valence-electron chi connectivity index (χ0n) is 15.3. The molecule has 0 radical (unpaired) electrons. The van der Waals surface area contributed by atoms with Crippen LogP contribution in [0.25, 0.3) is 0 Å². The molecule has 0 aromatic heterocycles. The summed E-state index contributed by atoms with van der Waals surface area (Å²) in [7, 11) is 0. The Bertz CT molecular complexity index is 1020. The van der Waals surface area contributed by atoms with E-state index in [9.17, 15) is 26.3 Å². The number of benzene rings is 3. The van der Waals surface area contributed by atoms with Crippen LogP contribution in [0, 0.1) is 55.7 Å². The zero-order valence-corrected chi connectivity index (χ0v) is 15.3. The van der Waals surface area contributed by atoms with Gasteiger partial charge in [-0.15, -0.1) is 0 Å². The fraction of sp³-hybridized carbons (Fsp3) is 0.143. The molecule has 0 nitrogen and oxygen atoms in total. The van der Waals surface area contributed by atoms with E-state index < -0.39 is 58.0 Å².